The second-order valence-corrected chi connectivity index (χ2v) is 5.45. The van der Waals surface area contributed by atoms with Crippen LogP contribution in [0.4, 0.5) is 0 Å². The zero-order valence-electron chi connectivity index (χ0n) is 12.5. The molecule has 0 aromatic heterocycles. The summed E-state index contributed by atoms with van der Waals surface area (Å²) in [6.45, 7) is 0.500. The molecule has 116 valence electrons. The Morgan fingerprint density at radius 2 is 1.90 bits per heavy atom. The van der Waals surface area contributed by atoms with Gasteiger partial charge in [0, 0.05) is 12.7 Å². The van der Waals surface area contributed by atoms with E-state index in [4.69, 9.17) is 9.47 Å². The molecule has 1 aromatic carbocycles. The molecule has 0 aliphatic rings. The van der Waals surface area contributed by atoms with Crippen LogP contribution in [0.2, 0.25) is 0 Å². The second-order valence-electron chi connectivity index (χ2n) is 4.46. The largest absolute Gasteiger partial charge is 0.467 e. The van der Waals surface area contributed by atoms with Gasteiger partial charge in [-0.3, -0.25) is 4.79 Å². The number of methoxy groups -OCH3 is 2. The molecular weight excluding hydrogens is 290 g/mol. The number of thioether (sulfide) groups is 1. The van der Waals surface area contributed by atoms with Crippen LogP contribution in [-0.2, 0) is 20.9 Å². The first-order valence-electron chi connectivity index (χ1n) is 6.57. The molecule has 6 heteroatoms. The summed E-state index contributed by atoms with van der Waals surface area (Å²) in [6.07, 6.45) is 2.49. The lowest BCUT2D eigenvalue weighted by Crippen LogP contribution is -2.41. The number of hydrogen-bond donors (Lipinski definition) is 1. The first kappa shape index (κ1) is 17.5. The first-order valence-corrected chi connectivity index (χ1v) is 7.97. The van der Waals surface area contributed by atoms with Crippen LogP contribution in [0.25, 0.3) is 0 Å². The predicted octanol–water partition coefficient (Wildman–Crippen LogP) is 1.86. The third-order valence-electron chi connectivity index (χ3n) is 2.93. The molecule has 0 bridgehead atoms. The maximum atomic E-state index is 12.2. The van der Waals surface area contributed by atoms with Gasteiger partial charge in [-0.2, -0.15) is 11.8 Å². The van der Waals surface area contributed by atoms with E-state index >= 15 is 0 Å². The SMILES string of the molecule is COCc1ccc(C(=O)N[C@@H](CCSC)C(=O)OC)cc1. The molecule has 5 nitrogen and oxygen atoms in total. The molecule has 1 rings (SSSR count). The summed E-state index contributed by atoms with van der Waals surface area (Å²) >= 11 is 1.62. The van der Waals surface area contributed by atoms with Crippen LogP contribution in [-0.4, -0.2) is 44.1 Å². The number of esters is 1. The summed E-state index contributed by atoms with van der Waals surface area (Å²) < 4.78 is 9.74. The van der Waals surface area contributed by atoms with Crippen molar-refractivity contribution >= 4 is 23.6 Å². The number of carbonyl (C=O) groups excluding carboxylic acids is 2. The number of nitrogens with one attached hydrogen (secondary N) is 1. The van der Waals surface area contributed by atoms with Gasteiger partial charge in [0.2, 0.25) is 0 Å². The topological polar surface area (TPSA) is 64.6 Å². The summed E-state index contributed by atoms with van der Waals surface area (Å²) in [5.41, 5.74) is 1.49. The molecule has 0 unspecified atom stereocenters. The highest BCUT2D eigenvalue weighted by molar-refractivity contribution is 7.98. The van der Waals surface area contributed by atoms with Gasteiger partial charge in [-0.1, -0.05) is 12.1 Å². The van der Waals surface area contributed by atoms with Crippen molar-refractivity contribution in [3.05, 3.63) is 35.4 Å². The predicted molar refractivity (Wildman–Crippen MR) is 83.4 cm³/mol. The standard InChI is InChI=1S/C15H21NO4S/c1-19-10-11-4-6-12(7-5-11)14(17)16-13(8-9-21-3)15(18)20-2/h4-7,13H,8-10H2,1-3H3,(H,16,17)/t13-/m0/s1. The van der Waals surface area contributed by atoms with E-state index in [9.17, 15) is 9.59 Å². The molecule has 1 atom stereocenters. The molecule has 0 saturated carbocycles. The molecule has 0 spiro atoms. The van der Waals surface area contributed by atoms with E-state index in [1.807, 2.05) is 18.4 Å². The van der Waals surface area contributed by atoms with Gasteiger partial charge >= 0.3 is 5.97 Å². The molecule has 0 heterocycles. The Balaban J connectivity index is 2.69. The second kappa shape index (κ2) is 9.41. The van der Waals surface area contributed by atoms with Crippen LogP contribution < -0.4 is 5.32 Å². The number of hydrogen-bond acceptors (Lipinski definition) is 5. The lowest BCUT2D eigenvalue weighted by atomic mass is 10.1. The summed E-state index contributed by atoms with van der Waals surface area (Å²) in [5.74, 6) is 0.0659. The van der Waals surface area contributed by atoms with Gasteiger partial charge in [0.15, 0.2) is 0 Å². The van der Waals surface area contributed by atoms with Crippen molar-refractivity contribution in [1.82, 2.24) is 5.32 Å². The monoisotopic (exact) mass is 311 g/mol. The number of benzene rings is 1. The van der Waals surface area contributed by atoms with E-state index in [0.717, 1.165) is 11.3 Å². The summed E-state index contributed by atoms with van der Waals surface area (Å²) in [4.78, 5) is 23.8. The van der Waals surface area contributed by atoms with Gasteiger partial charge in [-0.25, -0.2) is 4.79 Å². The van der Waals surface area contributed by atoms with Crippen molar-refractivity contribution in [2.75, 3.05) is 26.2 Å². The Morgan fingerprint density at radius 1 is 1.24 bits per heavy atom. The van der Waals surface area contributed by atoms with E-state index in [-0.39, 0.29) is 5.91 Å². The Bertz CT molecular complexity index is 461. The Labute approximate surface area is 129 Å². The minimum atomic E-state index is -0.617. The van der Waals surface area contributed by atoms with Crippen molar-refractivity contribution in [1.29, 1.82) is 0 Å². The maximum Gasteiger partial charge on any atom is 0.328 e. The fourth-order valence-corrected chi connectivity index (χ4v) is 2.26. The molecule has 0 radical (unpaired) electrons. The fourth-order valence-electron chi connectivity index (χ4n) is 1.79. The van der Waals surface area contributed by atoms with Gasteiger partial charge in [0.1, 0.15) is 6.04 Å². The highest BCUT2D eigenvalue weighted by Gasteiger charge is 2.21. The van der Waals surface area contributed by atoms with Gasteiger partial charge in [-0.05, 0) is 36.1 Å². The van der Waals surface area contributed by atoms with E-state index in [1.54, 1.807) is 31.0 Å². The van der Waals surface area contributed by atoms with Crippen molar-refractivity contribution in [3.63, 3.8) is 0 Å². The first-order chi connectivity index (χ1) is 10.1. The summed E-state index contributed by atoms with van der Waals surface area (Å²) in [6, 6.07) is 6.47. The Morgan fingerprint density at radius 3 is 2.43 bits per heavy atom. The van der Waals surface area contributed by atoms with Crippen LogP contribution >= 0.6 is 11.8 Å². The lowest BCUT2D eigenvalue weighted by Gasteiger charge is -2.16. The third-order valence-corrected chi connectivity index (χ3v) is 3.57. The highest BCUT2D eigenvalue weighted by atomic mass is 32.2. The average molecular weight is 311 g/mol. The lowest BCUT2D eigenvalue weighted by molar-refractivity contribution is -0.142. The van der Waals surface area contributed by atoms with Gasteiger partial charge < -0.3 is 14.8 Å². The normalized spacial score (nSPS) is 11.8. The minimum Gasteiger partial charge on any atom is -0.467 e. The third kappa shape index (κ3) is 5.77. The quantitative estimate of drug-likeness (QED) is 0.742. The molecule has 0 fully saturated rings. The van der Waals surface area contributed by atoms with Gasteiger partial charge in [0.25, 0.3) is 5.91 Å². The Kier molecular flexibility index (Phi) is 7.85. The van der Waals surface area contributed by atoms with Crippen molar-refractivity contribution in [2.45, 2.75) is 19.1 Å². The van der Waals surface area contributed by atoms with E-state index in [0.29, 0.717) is 18.6 Å². The fraction of sp³-hybridized carbons (Fsp3) is 0.467. The zero-order chi connectivity index (χ0) is 15.7. The molecule has 1 N–H and O–H groups in total. The molecule has 1 aromatic rings. The smallest absolute Gasteiger partial charge is 0.328 e. The Hall–Kier alpha value is -1.53. The molecule has 0 saturated heterocycles. The van der Waals surface area contributed by atoms with E-state index < -0.39 is 12.0 Å². The van der Waals surface area contributed by atoms with Crippen molar-refractivity contribution in [2.24, 2.45) is 0 Å². The van der Waals surface area contributed by atoms with Crippen LogP contribution in [0.1, 0.15) is 22.3 Å². The number of ether oxygens (including phenoxy) is 2. The number of amides is 1. The average Bonchev–Trinajstić information content (AvgIpc) is 2.51. The highest BCUT2D eigenvalue weighted by Crippen LogP contribution is 2.08. The van der Waals surface area contributed by atoms with E-state index in [2.05, 4.69) is 5.32 Å². The van der Waals surface area contributed by atoms with Gasteiger partial charge in [0.05, 0.1) is 13.7 Å². The number of carbonyl (C=O) groups is 2. The van der Waals surface area contributed by atoms with Crippen LogP contribution in [0, 0.1) is 0 Å². The van der Waals surface area contributed by atoms with E-state index in [1.165, 1.54) is 7.11 Å². The summed E-state index contributed by atoms with van der Waals surface area (Å²) in [7, 11) is 2.94. The van der Waals surface area contributed by atoms with Crippen LogP contribution in [0.15, 0.2) is 24.3 Å². The van der Waals surface area contributed by atoms with Crippen molar-refractivity contribution < 1.29 is 19.1 Å². The number of rotatable bonds is 8. The molecular formula is C15H21NO4S. The minimum absolute atomic E-state index is 0.282. The molecule has 0 aliphatic heterocycles. The molecule has 1 amide bonds. The van der Waals surface area contributed by atoms with Gasteiger partial charge in [-0.15, -0.1) is 0 Å². The van der Waals surface area contributed by atoms with Crippen LogP contribution in [0.3, 0.4) is 0 Å². The molecule has 21 heavy (non-hydrogen) atoms. The maximum absolute atomic E-state index is 12.2. The van der Waals surface area contributed by atoms with Crippen molar-refractivity contribution in [3.8, 4) is 0 Å². The molecule has 0 aliphatic carbocycles. The van der Waals surface area contributed by atoms with Crippen LogP contribution in [0.5, 0.6) is 0 Å². The zero-order valence-corrected chi connectivity index (χ0v) is 13.4. The summed E-state index contributed by atoms with van der Waals surface area (Å²) in [5, 5.41) is 2.71.